The van der Waals surface area contributed by atoms with Crippen LogP contribution in [0.3, 0.4) is 0 Å². The molecule has 12 nitrogen and oxygen atoms in total. The van der Waals surface area contributed by atoms with E-state index in [1.165, 1.54) is 9.80 Å². The molecule has 7 rings (SSSR count). The van der Waals surface area contributed by atoms with Gasteiger partial charge in [-0.15, -0.1) is 0 Å². The van der Waals surface area contributed by atoms with Crippen LogP contribution in [0.15, 0.2) is 133 Å². The molecule has 2 aliphatic heterocycles. The number of aryl methyl sites for hydroxylation is 2. The molecule has 5 aromatic rings. The van der Waals surface area contributed by atoms with Gasteiger partial charge < -0.3 is 31.1 Å². The second-order valence-electron chi connectivity index (χ2n) is 17.5. The van der Waals surface area contributed by atoms with E-state index in [1.807, 2.05) is 123 Å². The fourth-order valence-corrected chi connectivity index (χ4v) is 8.77. The number of carbonyl (C=O) groups excluding carboxylic acids is 6. The van der Waals surface area contributed by atoms with Gasteiger partial charge in [-0.2, -0.15) is 0 Å². The van der Waals surface area contributed by atoms with Crippen LogP contribution in [0, 0.1) is 37.5 Å². The van der Waals surface area contributed by atoms with Crippen LogP contribution in [-0.4, -0.2) is 97.6 Å². The molecule has 2 heterocycles. The first kappa shape index (κ1) is 46.9. The van der Waals surface area contributed by atoms with Crippen molar-refractivity contribution in [2.24, 2.45) is 23.7 Å². The van der Waals surface area contributed by atoms with Crippen molar-refractivity contribution in [3.63, 3.8) is 0 Å². The number of hydrogen-bond acceptors (Lipinski definition) is 6. The Morgan fingerprint density at radius 3 is 0.909 bits per heavy atom. The number of benzene rings is 5. The molecule has 0 spiro atoms. The predicted molar refractivity (Wildman–Crippen MR) is 254 cm³/mol. The lowest BCUT2D eigenvalue weighted by molar-refractivity contribution is -0.132. The summed E-state index contributed by atoms with van der Waals surface area (Å²) in [6.07, 6.45) is 2.51. The molecule has 4 N–H and O–H groups in total. The molecule has 2 fully saturated rings. The van der Waals surface area contributed by atoms with Crippen LogP contribution in [0.5, 0.6) is 0 Å². The monoisotopic (exact) mass is 888 g/mol. The van der Waals surface area contributed by atoms with Crippen molar-refractivity contribution in [1.82, 2.24) is 31.1 Å². The third-order valence-corrected chi connectivity index (χ3v) is 12.7. The first-order valence-corrected chi connectivity index (χ1v) is 23.0. The van der Waals surface area contributed by atoms with Gasteiger partial charge >= 0.3 is 0 Å². The lowest BCUT2D eigenvalue weighted by Crippen LogP contribution is -2.42. The van der Waals surface area contributed by atoms with Crippen LogP contribution in [-0.2, 0) is 44.9 Å². The van der Waals surface area contributed by atoms with Crippen molar-refractivity contribution < 1.29 is 28.8 Å². The molecule has 6 amide bonds. The molecule has 0 unspecified atom stereocenters. The third kappa shape index (κ3) is 12.6. The van der Waals surface area contributed by atoms with Crippen molar-refractivity contribution in [3.8, 4) is 0 Å². The fourth-order valence-electron chi connectivity index (χ4n) is 8.77. The average molecular weight is 889 g/mol. The van der Waals surface area contributed by atoms with E-state index in [4.69, 9.17) is 0 Å². The van der Waals surface area contributed by atoms with Crippen molar-refractivity contribution in [1.29, 1.82) is 0 Å². The summed E-state index contributed by atoms with van der Waals surface area (Å²) in [6, 6.07) is 42.1. The lowest BCUT2D eigenvalue weighted by Gasteiger charge is -2.18. The highest BCUT2D eigenvalue weighted by Crippen LogP contribution is 2.28. The Labute approximate surface area is 387 Å². The summed E-state index contributed by atoms with van der Waals surface area (Å²) in [7, 11) is 0. The van der Waals surface area contributed by atoms with Crippen molar-refractivity contribution in [2.75, 3.05) is 52.4 Å². The van der Waals surface area contributed by atoms with Gasteiger partial charge in [-0.05, 0) is 86.1 Å². The fraction of sp³-hybridized carbons (Fsp3) is 0.333. The minimum atomic E-state index is -0.754. The number of amides is 6. The minimum absolute atomic E-state index is 0.0592. The topological polar surface area (TPSA) is 157 Å². The molecule has 342 valence electrons. The molecule has 0 saturated carbocycles. The minimum Gasteiger partial charge on any atom is -0.355 e. The summed E-state index contributed by atoms with van der Waals surface area (Å²) in [6.45, 7) is 5.83. The Bertz CT molecular complexity index is 2270. The lowest BCUT2D eigenvalue weighted by atomic mass is 9.94. The maximum atomic E-state index is 14.0. The molecular formula is C54H60N6O6. The van der Waals surface area contributed by atoms with Crippen LogP contribution in [0.1, 0.15) is 54.1 Å². The number of nitrogens with one attached hydrogen (secondary N) is 4. The first-order chi connectivity index (χ1) is 32.0. The molecule has 2 aliphatic rings. The summed E-state index contributed by atoms with van der Waals surface area (Å²) in [4.78, 5) is 85.8. The molecule has 2 saturated heterocycles. The number of carbonyl (C=O) groups is 6. The van der Waals surface area contributed by atoms with E-state index in [2.05, 4.69) is 21.3 Å². The van der Waals surface area contributed by atoms with Crippen LogP contribution >= 0.6 is 0 Å². The van der Waals surface area contributed by atoms with Gasteiger partial charge in [-0.1, -0.05) is 120 Å². The van der Waals surface area contributed by atoms with E-state index in [9.17, 15) is 28.8 Å². The number of hydrogen-bond donors (Lipinski definition) is 4. The standard InChI is InChI=1S/C54H60N6O6/c1-37-13-17-41(18-14-37)27-31-57-51(63)47-35-59(33-45(47)49(61)55-29-25-39-9-5-3-6-10-39)53(65)43-21-23-44(24-22-43)54(66)60-34-46(50(62)56-30-26-40-11-7-4-8-12-40)48(36-60)52(64)58-32-28-42-19-15-38(2)16-20-42/h3-24,45-48H,25-36H2,1-2H3,(H,55,61)(H,56,62)(H,57,63)(H,58,64)/t45-,46-,47-,48-/m0/s1. The summed E-state index contributed by atoms with van der Waals surface area (Å²) >= 11 is 0. The predicted octanol–water partition coefficient (Wildman–Crippen LogP) is 5.12. The summed E-state index contributed by atoms with van der Waals surface area (Å²) in [5.41, 5.74) is 7.23. The van der Waals surface area contributed by atoms with Gasteiger partial charge in [-0.3, -0.25) is 28.8 Å². The SMILES string of the molecule is Cc1ccc(CCNC(=O)[C@H]2CN(C(=O)c3ccc(C(=O)N4C[C@H](C(=O)NCCc5ccccc5)[C@@H](C(=O)NCCc5ccc(C)cc5)C4)cc3)C[C@@H]2C(=O)NCCc2ccccc2)cc1. The van der Waals surface area contributed by atoms with Gasteiger partial charge in [0.2, 0.25) is 23.6 Å². The highest BCUT2D eigenvalue weighted by atomic mass is 16.2. The second-order valence-corrected chi connectivity index (χ2v) is 17.5. The van der Waals surface area contributed by atoms with Crippen LogP contribution in [0.4, 0.5) is 0 Å². The average Bonchev–Trinajstić information content (AvgIpc) is 4.00. The second kappa shape index (κ2) is 22.7. The van der Waals surface area contributed by atoms with E-state index in [0.717, 1.165) is 33.4 Å². The highest BCUT2D eigenvalue weighted by Gasteiger charge is 2.45. The van der Waals surface area contributed by atoms with Gasteiger partial charge in [-0.25, -0.2) is 0 Å². The van der Waals surface area contributed by atoms with Crippen LogP contribution < -0.4 is 21.3 Å². The van der Waals surface area contributed by atoms with Crippen LogP contribution in [0.2, 0.25) is 0 Å². The third-order valence-electron chi connectivity index (χ3n) is 12.7. The molecular weight excluding hydrogens is 829 g/mol. The van der Waals surface area contributed by atoms with Crippen molar-refractivity contribution in [2.45, 2.75) is 39.5 Å². The summed E-state index contributed by atoms with van der Waals surface area (Å²) in [5, 5.41) is 12.0. The number of nitrogens with zero attached hydrogens (tertiary/aromatic N) is 2. The Morgan fingerprint density at radius 1 is 0.379 bits per heavy atom. The van der Waals surface area contributed by atoms with Crippen LogP contribution in [0.25, 0.3) is 0 Å². The Morgan fingerprint density at radius 2 is 0.636 bits per heavy atom. The summed E-state index contributed by atoms with van der Waals surface area (Å²) in [5.74, 6) is -4.87. The molecule has 5 aromatic carbocycles. The molecule has 66 heavy (non-hydrogen) atoms. The van der Waals surface area contributed by atoms with Crippen molar-refractivity contribution in [3.05, 3.63) is 178 Å². The van der Waals surface area contributed by atoms with Gasteiger partial charge in [0.15, 0.2) is 0 Å². The van der Waals surface area contributed by atoms with E-state index in [-0.39, 0.29) is 61.6 Å². The maximum Gasteiger partial charge on any atom is 0.253 e. The van der Waals surface area contributed by atoms with E-state index >= 15 is 0 Å². The maximum absolute atomic E-state index is 14.0. The normalized spacial score (nSPS) is 17.8. The first-order valence-electron chi connectivity index (χ1n) is 23.0. The van der Waals surface area contributed by atoms with Gasteiger partial charge in [0.1, 0.15) is 0 Å². The van der Waals surface area contributed by atoms with E-state index < -0.39 is 23.7 Å². The highest BCUT2D eigenvalue weighted by molar-refractivity contribution is 6.00. The molecule has 0 radical (unpaired) electrons. The van der Waals surface area contributed by atoms with E-state index in [1.54, 1.807) is 24.3 Å². The molecule has 0 bridgehead atoms. The quantitative estimate of drug-likeness (QED) is 0.0959. The molecule has 4 atom stereocenters. The zero-order valence-corrected chi connectivity index (χ0v) is 37.8. The van der Waals surface area contributed by atoms with Gasteiger partial charge in [0.25, 0.3) is 11.8 Å². The molecule has 0 aromatic heterocycles. The van der Waals surface area contributed by atoms with E-state index in [0.29, 0.717) is 63.0 Å². The van der Waals surface area contributed by atoms with Crippen molar-refractivity contribution >= 4 is 35.4 Å². The Hall–Kier alpha value is -7.08. The number of rotatable bonds is 18. The van der Waals surface area contributed by atoms with Gasteiger partial charge in [0.05, 0.1) is 23.7 Å². The van der Waals surface area contributed by atoms with Gasteiger partial charge in [0, 0.05) is 63.5 Å². The zero-order chi connectivity index (χ0) is 46.4. The molecule has 0 aliphatic carbocycles. The number of likely N-dealkylation sites (tertiary alicyclic amines) is 2. The largest absolute Gasteiger partial charge is 0.355 e. The smallest absolute Gasteiger partial charge is 0.253 e. The summed E-state index contributed by atoms with van der Waals surface area (Å²) < 4.78 is 0. The Kier molecular flexibility index (Phi) is 16.1. The molecule has 12 heteroatoms. The Balaban J connectivity index is 0.990. The zero-order valence-electron chi connectivity index (χ0n) is 37.8.